The van der Waals surface area contributed by atoms with Crippen LogP contribution < -0.4 is 16.6 Å². The van der Waals surface area contributed by atoms with Crippen LogP contribution in [0.5, 0.6) is 5.75 Å². The number of hydrogen-bond donors (Lipinski definition) is 4. The van der Waals surface area contributed by atoms with Gasteiger partial charge < -0.3 is 16.2 Å². The number of rotatable bonds is 6. The fraction of sp³-hybridized carbons (Fsp3) is 0.0714. The monoisotopic (exact) mass is 494 g/mol. The molecule has 9 heteroatoms. The molecule has 3 aromatic carbocycles. The van der Waals surface area contributed by atoms with Gasteiger partial charge in [0, 0.05) is 11.3 Å². The zero-order valence-corrected chi connectivity index (χ0v) is 19.9. The van der Waals surface area contributed by atoms with Gasteiger partial charge in [0.25, 0.3) is 5.56 Å². The Bertz CT molecular complexity index is 1730. The molecule has 0 amide bonds. The van der Waals surface area contributed by atoms with E-state index in [0.29, 0.717) is 22.3 Å². The van der Waals surface area contributed by atoms with Crippen molar-refractivity contribution in [2.24, 2.45) is 0 Å². The SMILES string of the molecule is Cc1ccccc1-n1c(CNc2ncnc(N)c2C(=N)c2cccc(O)c2)cc2cccc(F)c2c1=O. The maximum absolute atomic E-state index is 14.7. The number of nitrogens with one attached hydrogen (secondary N) is 2. The number of fused-ring (bicyclic) bond motifs is 1. The van der Waals surface area contributed by atoms with Gasteiger partial charge in [-0.2, -0.15) is 0 Å². The Balaban J connectivity index is 1.62. The quantitative estimate of drug-likeness (QED) is 0.256. The first-order valence-corrected chi connectivity index (χ1v) is 11.5. The molecule has 0 unspecified atom stereocenters. The average molecular weight is 495 g/mol. The molecule has 2 heterocycles. The number of aromatic nitrogens is 3. The van der Waals surface area contributed by atoms with Gasteiger partial charge in [-0.25, -0.2) is 14.4 Å². The van der Waals surface area contributed by atoms with Gasteiger partial charge in [0.1, 0.15) is 29.5 Å². The Kier molecular flexibility index (Phi) is 6.10. The molecule has 37 heavy (non-hydrogen) atoms. The summed E-state index contributed by atoms with van der Waals surface area (Å²) in [5.74, 6) is -0.209. The number of benzene rings is 3. The summed E-state index contributed by atoms with van der Waals surface area (Å²) in [6, 6.07) is 19.9. The van der Waals surface area contributed by atoms with E-state index in [1.165, 1.54) is 29.1 Å². The van der Waals surface area contributed by atoms with Crippen molar-refractivity contribution in [2.75, 3.05) is 11.1 Å². The van der Waals surface area contributed by atoms with Crippen LogP contribution >= 0.6 is 0 Å². The molecule has 0 bridgehead atoms. The average Bonchev–Trinajstić information content (AvgIpc) is 2.88. The highest BCUT2D eigenvalue weighted by Gasteiger charge is 2.19. The summed E-state index contributed by atoms with van der Waals surface area (Å²) >= 11 is 0. The van der Waals surface area contributed by atoms with Crippen LogP contribution in [0.4, 0.5) is 16.0 Å². The number of nitrogens with zero attached hydrogens (tertiary/aromatic N) is 3. The second-order valence-corrected chi connectivity index (χ2v) is 8.53. The van der Waals surface area contributed by atoms with E-state index in [9.17, 15) is 14.3 Å². The summed E-state index contributed by atoms with van der Waals surface area (Å²) in [5, 5.41) is 22.2. The molecule has 5 aromatic rings. The van der Waals surface area contributed by atoms with Crippen LogP contribution in [0.15, 0.2) is 83.9 Å². The maximum atomic E-state index is 14.7. The van der Waals surface area contributed by atoms with E-state index in [2.05, 4.69) is 15.3 Å². The van der Waals surface area contributed by atoms with E-state index in [0.717, 1.165) is 5.56 Å². The van der Waals surface area contributed by atoms with Gasteiger partial charge in [0.2, 0.25) is 0 Å². The highest BCUT2D eigenvalue weighted by Crippen LogP contribution is 2.25. The molecule has 0 aliphatic heterocycles. The smallest absolute Gasteiger partial charge is 0.266 e. The number of phenols is 1. The molecule has 0 radical (unpaired) electrons. The summed E-state index contributed by atoms with van der Waals surface area (Å²) in [6.45, 7) is 2.00. The summed E-state index contributed by atoms with van der Waals surface area (Å²) in [6.07, 6.45) is 1.28. The minimum absolute atomic E-state index is 0.00661. The second kappa shape index (κ2) is 9.54. The number of aromatic hydroxyl groups is 1. The molecule has 0 fully saturated rings. The number of phenolic OH excluding ortho intramolecular Hbond substituents is 1. The Morgan fingerprint density at radius 3 is 2.65 bits per heavy atom. The predicted molar refractivity (Wildman–Crippen MR) is 142 cm³/mol. The van der Waals surface area contributed by atoms with E-state index in [1.54, 1.807) is 36.4 Å². The molecular weight excluding hydrogens is 471 g/mol. The molecule has 5 rings (SSSR count). The molecule has 2 aromatic heterocycles. The summed E-state index contributed by atoms with van der Waals surface area (Å²) in [4.78, 5) is 21.9. The van der Waals surface area contributed by atoms with Crippen molar-refractivity contribution in [3.05, 3.63) is 118 Å². The molecule has 5 N–H and O–H groups in total. The third-order valence-corrected chi connectivity index (χ3v) is 6.13. The van der Waals surface area contributed by atoms with Gasteiger partial charge in [0.05, 0.1) is 28.9 Å². The van der Waals surface area contributed by atoms with Crippen LogP contribution in [0.3, 0.4) is 0 Å². The van der Waals surface area contributed by atoms with Crippen molar-refractivity contribution in [1.29, 1.82) is 5.41 Å². The minimum atomic E-state index is -0.588. The van der Waals surface area contributed by atoms with Crippen molar-refractivity contribution in [2.45, 2.75) is 13.5 Å². The molecule has 0 saturated heterocycles. The first-order valence-electron chi connectivity index (χ1n) is 11.5. The lowest BCUT2D eigenvalue weighted by atomic mass is 10.0. The summed E-state index contributed by atoms with van der Waals surface area (Å²) in [5.41, 5.74) is 8.40. The summed E-state index contributed by atoms with van der Waals surface area (Å²) < 4.78 is 16.2. The maximum Gasteiger partial charge on any atom is 0.266 e. The van der Waals surface area contributed by atoms with Gasteiger partial charge in [-0.3, -0.25) is 14.8 Å². The molecule has 0 spiro atoms. The number of halogens is 1. The summed E-state index contributed by atoms with van der Waals surface area (Å²) in [7, 11) is 0. The Morgan fingerprint density at radius 1 is 1.08 bits per heavy atom. The van der Waals surface area contributed by atoms with Gasteiger partial charge in [-0.05, 0) is 48.2 Å². The second-order valence-electron chi connectivity index (χ2n) is 8.53. The van der Waals surface area contributed by atoms with E-state index in [4.69, 9.17) is 11.1 Å². The highest BCUT2D eigenvalue weighted by molar-refractivity contribution is 6.16. The molecule has 184 valence electrons. The Hall–Kier alpha value is -5.05. The number of nitrogen functional groups attached to an aromatic ring is 1. The van der Waals surface area contributed by atoms with E-state index < -0.39 is 11.4 Å². The number of nitrogens with two attached hydrogens (primary N) is 1. The van der Waals surface area contributed by atoms with Gasteiger partial charge in [-0.15, -0.1) is 0 Å². The van der Waals surface area contributed by atoms with Gasteiger partial charge in [0.15, 0.2) is 0 Å². The first-order chi connectivity index (χ1) is 17.8. The zero-order valence-electron chi connectivity index (χ0n) is 19.9. The zero-order chi connectivity index (χ0) is 26.1. The number of pyridine rings is 1. The predicted octanol–water partition coefficient (Wildman–Crippen LogP) is 4.54. The fourth-order valence-corrected chi connectivity index (χ4v) is 4.34. The van der Waals surface area contributed by atoms with Crippen LogP contribution in [-0.4, -0.2) is 25.4 Å². The van der Waals surface area contributed by atoms with E-state index >= 15 is 0 Å². The van der Waals surface area contributed by atoms with Gasteiger partial charge in [-0.1, -0.05) is 42.5 Å². The van der Waals surface area contributed by atoms with Gasteiger partial charge >= 0.3 is 0 Å². The lowest BCUT2D eigenvalue weighted by Gasteiger charge is -2.19. The van der Waals surface area contributed by atoms with Crippen molar-refractivity contribution >= 4 is 28.1 Å². The van der Waals surface area contributed by atoms with E-state index in [1.807, 2.05) is 25.1 Å². The number of anilines is 2. The molecule has 0 atom stereocenters. The Morgan fingerprint density at radius 2 is 1.86 bits per heavy atom. The molecule has 8 nitrogen and oxygen atoms in total. The minimum Gasteiger partial charge on any atom is -0.508 e. The van der Waals surface area contributed by atoms with Crippen molar-refractivity contribution in [3.63, 3.8) is 0 Å². The van der Waals surface area contributed by atoms with Crippen molar-refractivity contribution in [3.8, 4) is 11.4 Å². The topological polar surface area (TPSA) is 130 Å². The third kappa shape index (κ3) is 4.38. The number of aryl methyl sites for hydroxylation is 1. The van der Waals surface area contributed by atoms with E-state index in [-0.39, 0.29) is 40.6 Å². The first kappa shape index (κ1) is 23.7. The Labute approximate surface area is 211 Å². The van der Waals surface area contributed by atoms with Crippen LogP contribution in [0.1, 0.15) is 22.4 Å². The normalized spacial score (nSPS) is 11.0. The van der Waals surface area contributed by atoms with Crippen LogP contribution in [0.2, 0.25) is 0 Å². The van der Waals surface area contributed by atoms with Crippen LogP contribution in [0, 0.1) is 18.2 Å². The number of para-hydroxylation sites is 1. The highest BCUT2D eigenvalue weighted by atomic mass is 19.1. The third-order valence-electron chi connectivity index (χ3n) is 6.13. The number of hydrogen-bond acceptors (Lipinski definition) is 7. The largest absolute Gasteiger partial charge is 0.508 e. The molecular formula is C28H23FN6O2. The standard InChI is InChI=1S/C28H23FN6O2/c1-16-6-2-3-11-22(16)35-19(12-17-7-5-10-21(29)23(17)28(35)37)14-32-27-24(26(31)33-15-34-27)25(30)18-8-4-9-20(36)13-18/h2-13,15,30,36H,14H2,1H3,(H3,31,32,33,34). The molecule has 0 saturated carbocycles. The lowest BCUT2D eigenvalue weighted by molar-refractivity contribution is 0.475. The van der Waals surface area contributed by atoms with Crippen LogP contribution in [0.25, 0.3) is 16.5 Å². The van der Waals surface area contributed by atoms with Crippen LogP contribution in [-0.2, 0) is 6.54 Å². The fourth-order valence-electron chi connectivity index (χ4n) is 4.34. The molecule has 0 aliphatic rings. The van der Waals surface area contributed by atoms with Crippen molar-refractivity contribution in [1.82, 2.24) is 14.5 Å². The van der Waals surface area contributed by atoms with Crippen molar-refractivity contribution < 1.29 is 9.50 Å². The lowest BCUT2D eigenvalue weighted by Crippen LogP contribution is -2.25. The molecule has 0 aliphatic carbocycles.